The van der Waals surface area contributed by atoms with Crippen LogP contribution in [-0.2, 0) is 11.3 Å². The third-order valence-corrected chi connectivity index (χ3v) is 3.73. The molecule has 118 valence electrons. The van der Waals surface area contributed by atoms with Crippen LogP contribution < -0.4 is 5.73 Å². The average molecular weight is 292 g/mol. The van der Waals surface area contributed by atoms with Gasteiger partial charge in [0.15, 0.2) is 0 Å². The van der Waals surface area contributed by atoms with Crippen molar-refractivity contribution >= 4 is 11.7 Å². The zero-order chi connectivity index (χ0) is 15.8. The number of unbranched alkanes of at least 4 members (excludes halogenated alkanes) is 2. The lowest BCUT2D eigenvalue weighted by Crippen LogP contribution is -2.32. The van der Waals surface area contributed by atoms with Crippen molar-refractivity contribution in [3.8, 4) is 0 Å². The summed E-state index contributed by atoms with van der Waals surface area (Å²) in [6.07, 6.45) is 3.60. The van der Waals surface area contributed by atoms with Crippen molar-refractivity contribution in [3.63, 3.8) is 0 Å². The average Bonchev–Trinajstić information content (AvgIpc) is 2.45. The lowest BCUT2D eigenvalue weighted by molar-refractivity contribution is 0.0599. The van der Waals surface area contributed by atoms with E-state index in [4.69, 9.17) is 10.5 Å². The summed E-state index contributed by atoms with van der Waals surface area (Å²) in [5.41, 5.74) is 7.87. The van der Waals surface area contributed by atoms with Crippen LogP contribution in [0.4, 0.5) is 5.69 Å². The molecule has 4 heteroatoms. The quantitative estimate of drug-likeness (QED) is 0.453. The van der Waals surface area contributed by atoms with E-state index in [1.54, 1.807) is 6.07 Å². The third-order valence-electron chi connectivity index (χ3n) is 3.73. The standard InChI is InChI=1S/C17H28N2O2/c1-5-6-7-11-19(13(2)3)12-14-9-8-10-15(18)16(14)17(20)21-4/h8-10,13H,5-7,11-12,18H2,1-4H3. The number of esters is 1. The van der Waals surface area contributed by atoms with Crippen LogP contribution >= 0.6 is 0 Å². The fourth-order valence-corrected chi connectivity index (χ4v) is 2.41. The Kier molecular flexibility index (Phi) is 7.23. The van der Waals surface area contributed by atoms with Crippen LogP contribution in [0.2, 0.25) is 0 Å². The molecule has 0 heterocycles. The number of benzene rings is 1. The molecule has 0 spiro atoms. The molecule has 0 bridgehead atoms. The van der Waals surface area contributed by atoms with E-state index in [0.717, 1.165) is 18.7 Å². The van der Waals surface area contributed by atoms with Gasteiger partial charge in [0.05, 0.1) is 12.7 Å². The second kappa shape index (κ2) is 8.67. The third kappa shape index (κ3) is 5.05. The molecule has 1 aromatic carbocycles. The van der Waals surface area contributed by atoms with Crippen molar-refractivity contribution in [1.29, 1.82) is 0 Å². The van der Waals surface area contributed by atoms with Crippen LogP contribution in [0, 0.1) is 0 Å². The number of ether oxygens (including phenoxy) is 1. The van der Waals surface area contributed by atoms with Gasteiger partial charge in [0.1, 0.15) is 0 Å². The number of hydrogen-bond acceptors (Lipinski definition) is 4. The maximum atomic E-state index is 11.9. The van der Waals surface area contributed by atoms with Crippen LogP contribution in [0.3, 0.4) is 0 Å². The topological polar surface area (TPSA) is 55.6 Å². The fraction of sp³-hybridized carbons (Fsp3) is 0.588. The van der Waals surface area contributed by atoms with Crippen LogP contribution in [0.5, 0.6) is 0 Å². The minimum atomic E-state index is -0.361. The maximum absolute atomic E-state index is 11.9. The van der Waals surface area contributed by atoms with Gasteiger partial charge in [-0.15, -0.1) is 0 Å². The van der Waals surface area contributed by atoms with Gasteiger partial charge in [0.2, 0.25) is 0 Å². The molecule has 1 rings (SSSR count). The van der Waals surface area contributed by atoms with Crippen molar-refractivity contribution < 1.29 is 9.53 Å². The van der Waals surface area contributed by atoms with Gasteiger partial charge in [-0.2, -0.15) is 0 Å². The van der Waals surface area contributed by atoms with Gasteiger partial charge < -0.3 is 10.5 Å². The molecule has 0 aromatic heterocycles. The van der Waals surface area contributed by atoms with Gasteiger partial charge in [0.25, 0.3) is 0 Å². The van der Waals surface area contributed by atoms with Gasteiger partial charge in [-0.25, -0.2) is 4.79 Å². The number of rotatable bonds is 8. The highest BCUT2D eigenvalue weighted by Crippen LogP contribution is 2.21. The molecule has 21 heavy (non-hydrogen) atoms. The molecule has 0 saturated carbocycles. The van der Waals surface area contributed by atoms with E-state index in [0.29, 0.717) is 17.3 Å². The molecule has 0 amide bonds. The van der Waals surface area contributed by atoms with Gasteiger partial charge in [0, 0.05) is 18.3 Å². The summed E-state index contributed by atoms with van der Waals surface area (Å²) >= 11 is 0. The molecule has 0 aliphatic carbocycles. The zero-order valence-electron chi connectivity index (χ0n) is 13.7. The Balaban J connectivity index is 2.93. The molecular formula is C17H28N2O2. The number of carbonyl (C=O) groups is 1. The fourth-order valence-electron chi connectivity index (χ4n) is 2.41. The number of nitrogen functional groups attached to an aromatic ring is 1. The van der Waals surface area contributed by atoms with E-state index in [1.807, 2.05) is 12.1 Å². The molecule has 0 aliphatic rings. The lowest BCUT2D eigenvalue weighted by atomic mass is 10.0. The van der Waals surface area contributed by atoms with Crippen LogP contribution in [0.15, 0.2) is 18.2 Å². The molecule has 2 N–H and O–H groups in total. The van der Waals surface area contributed by atoms with Crippen molar-refractivity contribution in [3.05, 3.63) is 29.3 Å². The van der Waals surface area contributed by atoms with Crippen LogP contribution in [-0.4, -0.2) is 30.6 Å². The molecular weight excluding hydrogens is 264 g/mol. The summed E-state index contributed by atoms with van der Waals surface area (Å²) in [6.45, 7) is 8.30. The Morgan fingerprint density at radius 3 is 2.62 bits per heavy atom. The van der Waals surface area contributed by atoms with Crippen molar-refractivity contribution in [1.82, 2.24) is 4.90 Å². The van der Waals surface area contributed by atoms with Crippen LogP contribution in [0.25, 0.3) is 0 Å². The predicted octanol–water partition coefficient (Wildman–Crippen LogP) is 3.46. The molecule has 0 aliphatic heterocycles. The highest BCUT2D eigenvalue weighted by Gasteiger charge is 2.18. The first-order valence-corrected chi connectivity index (χ1v) is 7.71. The first-order chi connectivity index (χ1) is 10.0. The Labute approximate surface area is 128 Å². The molecule has 0 unspecified atom stereocenters. The lowest BCUT2D eigenvalue weighted by Gasteiger charge is -2.27. The number of anilines is 1. The molecule has 1 aromatic rings. The highest BCUT2D eigenvalue weighted by molar-refractivity contribution is 5.96. The second-order valence-corrected chi connectivity index (χ2v) is 5.64. The number of carbonyl (C=O) groups excluding carboxylic acids is 1. The Hall–Kier alpha value is -1.55. The molecule has 4 nitrogen and oxygen atoms in total. The SMILES string of the molecule is CCCCCN(Cc1cccc(N)c1C(=O)OC)C(C)C. The monoisotopic (exact) mass is 292 g/mol. The maximum Gasteiger partial charge on any atom is 0.340 e. The number of nitrogens with zero attached hydrogens (tertiary/aromatic N) is 1. The van der Waals surface area contributed by atoms with Gasteiger partial charge in [-0.05, 0) is 38.4 Å². The summed E-state index contributed by atoms with van der Waals surface area (Å²) in [7, 11) is 1.39. The van der Waals surface area contributed by atoms with Gasteiger partial charge >= 0.3 is 5.97 Å². The van der Waals surface area contributed by atoms with Crippen molar-refractivity contribution in [2.75, 3.05) is 19.4 Å². The Morgan fingerprint density at radius 1 is 1.33 bits per heavy atom. The van der Waals surface area contributed by atoms with Gasteiger partial charge in [-0.1, -0.05) is 31.9 Å². The first kappa shape index (κ1) is 17.5. The summed E-state index contributed by atoms with van der Waals surface area (Å²) in [6, 6.07) is 6.01. The van der Waals surface area contributed by atoms with E-state index in [2.05, 4.69) is 25.7 Å². The predicted molar refractivity (Wildman–Crippen MR) is 87.3 cm³/mol. The summed E-state index contributed by atoms with van der Waals surface area (Å²) in [5, 5.41) is 0. The first-order valence-electron chi connectivity index (χ1n) is 7.71. The van der Waals surface area contributed by atoms with Gasteiger partial charge in [-0.3, -0.25) is 4.90 Å². The molecule has 0 saturated heterocycles. The number of nitrogens with two attached hydrogens (primary N) is 1. The van der Waals surface area contributed by atoms with E-state index in [9.17, 15) is 4.79 Å². The molecule has 0 atom stereocenters. The largest absolute Gasteiger partial charge is 0.465 e. The smallest absolute Gasteiger partial charge is 0.340 e. The Morgan fingerprint density at radius 2 is 2.05 bits per heavy atom. The minimum Gasteiger partial charge on any atom is -0.465 e. The number of methoxy groups -OCH3 is 1. The summed E-state index contributed by atoms with van der Waals surface area (Å²) < 4.78 is 4.86. The van der Waals surface area contributed by atoms with E-state index < -0.39 is 0 Å². The van der Waals surface area contributed by atoms with Crippen molar-refractivity contribution in [2.45, 2.75) is 52.6 Å². The zero-order valence-corrected chi connectivity index (χ0v) is 13.7. The summed E-state index contributed by atoms with van der Waals surface area (Å²) in [5.74, 6) is -0.361. The van der Waals surface area contributed by atoms with E-state index in [-0.39, 0.29) is 5.97 Å². The van der Waals surface area contributed by atoms with E-state index >= 15 is 0 Å². The highest BCUT2D eigenvalue weighted by atomic mass is 16.5. The number of hydrogen-bond donors (Lipinski definition) is 1. The van der Waals surface area contributed by atoms with Crippen LogP contribution in [0.1, 0.15) is 56.0 Å². The minimum absolute atomic E-state index is 0.361. The normalized spacial score (nSPS) is 11.1. The van der Waals surface area contributed by atoms with Crippen molar-refractivity contribution in [2.24, 2.45) is 0 Å². The van der Waals surface area contributed by atoms with E-state index in [1.165, 1.54) is 26.4 Å². The molecule has 0 fully saturated rings. The summed E-state index contributed by atoms with van der Waals surface area (Å²) in [4.78, 5) is 14.3. The molecule has 0 radical (unpaired) electrons. The Bertz CT molecular complexity index is 458. The second-order valence-electron chi connectivity index (χ2n) is 5.64.